The van der Waals surface area contributed by atoms with E-state index in [4.69, 9.17) is 0 Å². The fourth-order valence-corrected chi connectivity index (χ4v) is 2.77. The molecule has 1 fully saturated rings. The van der Waals surface area contributed by atoms with Crippen LogP contribution in [0.4, 0.5) is 13.2 Å². The smallest absolute Gasteiger partial charge is 0.435 e. The summed E-state index contributed by atoms with van der Waals surface area (Å²) in [6.45, 7) is 3.52. The molecule has 8 heteroatoms. The maximum absolute atomic E-state index is 13.3. The second kappa shape index (κ2) is 6.03. The number of ether oxygens (including phenoxy) is 1. The Bertz CT molecular complexity index is 513. The molecule has 1 aromatic rings. The van der Waals surface area contributed by atoms with Crippen LogP contribution in [0.2, 0.25) is 0 Å². The van der Waals surface area contributed by atoms with Crippen molar-refractivity contribution in [3.8, 4) is 0 Å². The van der Waals surface area contributed by atoms with Gasteiger partial charge in [0.1, 0.15) is 0 Å². The molecule has 0 N–H and O–H groups in total. The van der Waals surface area contributed by atoms with Gasteiger partial charge in [0.15, 0.2) is 5.69 Å². The van der Waals surface area contributed by atoms with Crippen LogP contribution in [-0.4, -0.2) is 27.6 Å². The molecule has 1 aliphatic rings. The van der Waals surface area contributed by atoms with Crippen molar-refractivity contribution in [3.05, 3.63) is 11.4 Å². The molecule has 0 bridgehead atoms. The highest BCUT2D eigenvalue weighted by Crippen LogP contribution is 2.38. The molecule has 2 unspecified atom stereocenters. The third-order valence-corrected chi connectivity index (χ3v) is 3.69. The topological polar surface area (TPSA) is 57.0 Å². The monoisotopic (exact) mass is 305 g/mol. The van der Waals surface area contributed by atoms with Crippen molar-refractivity contribution in [2.75, 3.05) is 6.61 Å². The number of halogens is 3. The lowest BCUT2D eigenvalue weighted by molar-refractivity contribution is -0.146. The number of alkyl halides is 3. The van der Waals surface area contributed by atoms with Gasteiger partial charge in [-0.1, -0.05) is 25.0 Å². The summed E-state index contributed by atoms with van der Waals surface area (Å²) in [6.07, 6.45) is -1.63. The summed E-state index contributed by atoms with van der Waals surface area (Å²) in [5.74, 6) is -0.750. The fourth-order valence-electron chi connectivity index (χ4n) is 2.77. The molecule has 2 atom stereocenters. The molecule has 0 radical (unpaired) electrons. The lowest BCUT2D eigenvalue weighted by Crippen LogP contribution is -2.25. The molecule has 1 aromatic heterocycles. The summed E-state index contributed by atoms with van der Waals surface area (Å²) in [5.41, 5.74) is -1.84. The average Bonchev–Trinajstić information content (AvgIpc) is 2.83. The van der Waals surface area contributed by atoms with E-state index in [1.165, 1.54) is 6.92 Å². The van der Waals surface area contributed by atoms with Gasteiger partial charge in [0.25, 0.3) is 0 Å². The zero-order valence-electron chi connectivity index (χ0n) is 12.0. The Balaban J connectivity index is 2.39. The number of carbonyl (C=O) groups excluding carboxylic acids is 1. The summed E-state index contributed by atoms with van der Waals surface area (Å²) in [7, 11) is 0. The van der Waals surface area contributed by atoms with Crippen LogP contribution in [0.1, 0.15) is 61.8 Å². The fraction of sp³-hybridized carbons (Fsp3) is 0.769. The first-order valence-electron chi connectivity index (χ1n) is 7.04. The SMILES string of the molecule is CCOC(=O)c1nnn(C2CCCC(C)C2)c1C(F)(F)F. The second-order valence-electron chi connectivity index (χ2n) is 5.38. The summed E-state index contributed by atoms with van der Waals surface area (Å²) in [5, 5.41) is 7.01. The number of aromatic nitrogens is 3. The highest BCUT2D eigenvalue weighted by atomic mass is 19.4. The van der Waals surface area contributed by atoms with Crippen molar-refractivity contribution < 1.29 is 22.7 Å². The molecule has 0 spiro atoms. The maximum atomic E-state index is 13.3. The van der Waals surface area contributed by atoms with Crippen molar-refractivity contribution in [1.29, 1.82) is 0 Å². The third-order valence-electron chi connectivity index (χ3n) is 3.69. The zero-order chi connectivity index (χ0) is 15.6. The van der Waals surface area contributed by atoms with Gasteiger partial charge in [-0.25, -0.2) is 9.48 Å². The van der Waals surface area contributed by atoms with Gasteiger partial charge in [-0.05, 0) is 25.7 Å². The van der Waals surface area contributed by atoms with Crippen LogP contribution in [-0.2, 0) is 10.9 Å². The van der Waals surface area contributed by atoms with Gasteiger partial charge in [-0.3, -0.25) is 0 Å². The van der Waals surface area contributed by atoms with E-state index in [-0.39, 0.29) is 12.6 Å². The molecule has 0 aromatic carbocycles. The van der Waals surface area contributed by atoms with E-state index < -0.39 is 23.5 Å². The van der Waals surface area contributed by atoms with Crippen LogP contribution < -0.4 is 0 Å². The van der Waals surface area contributed by atoms with E-state index in [0.29, 0.717) is 18.8 Å². The average molecular weight is 305 g/mol. The van der Waals surface area contributed by atoms with Gasteiger partial charge < -0.3 is 4.74 Å². The minimum atomic E-state index is -4.69. The van der Waals surface area contributed by atoms with E-state index in [0.717, 1.165) is 17.5 Å². The standard InChI is InChI=1S/C13H18F3N3O2/c1-3-21-12(20)10-11(13(14,15)16)19(18-17-10)9-6-4-5-8(2)7-9/h8-9H,3-7H2,1-2H3. The number of carbonyl (C=O) groups is 1. The summed E-state index contributed by atoms with van der Waals surface area (Å²) >= 11 is 0. The van der Waals surface area contributed by atoms with Crippen molar-refractivity contribution in [2.24, 2.45) is 5.92 Å². The predicted molar refractivity (Wildman–Crippen MR) is 67.6 cm³/mol. The Labute approximate surface area is 120 Å². The Morgan fingerprint density at radius 3 is 2.71 bits per heavy atom. The third kappa shape index (κ3) is 3.36. The van der Waals surface area contributed by atoms with Crippen LogP contribution in [0, 0.1) is 5.92 Å². The normalized spacial score (nSPS) is 23.1. The van der Waals surface area contributed by atoms with Crippen LogP contribution >= 0.6 is 0 Å². The maximum Gasteiger partial charge on any atom is 0.435 e. The molecule has 0 amide bonds. The van der Waals surface area contributed by atoms with E-state index in [1.807, 2.05) is 6.92 Å². The van der Waals surface area contributed by atoms with Crippen LogP contribution in [0.3, 0.4) is 0 Å². The highest BCUT2D eigenvalue weighted by molar-refractivity contribution is 5.88. The minimum absolute atomic E-state index is 0.0105. The van der Waals surface area contributed by atoms with Gasteiger partial charge in [-0.2, -0.15) is 13.2 Å². The van der Waals surface area contributed by atoms with Gasteiger partial charge in [0.2, 0.25) is 5.69 Å². The van der Waals surface area contributed by atoms with Crippen molar-refractivity contribution in [1.82, 2.24) is 15.0 Å². The van der Waals surface area contributed by atoms with Gasteiger partial charge in [0, 0.05) is 0 Å². The zero-order valence-corrected chi connectivity index (χ0v) is 12.0. The quantitative estimate of drug-likeness (QED) is 0.805. The summed E-state index contributed by atoms with van der Waals surface area (Å²) in [4.78, 5) is 11.6. The Kier molecular flexibility index (Phi) is 4.53. The molecule has 21 heavy (non-hydrogen) atoms. The lowest BCUT2D eigenvalue weighted by atomic mass is 9.87. The number of hydrogen-bond donors (Lipinski definition) is 0. The van der Waals surface area contributed by atoms with Crippen molar-refractivity contribution >= 4 is 5.97 Å². The van der Waals surface area contributed by atoms with E-state index in [9.17, 15) is 18.0 Å². The Morgan fingerprint density at radius 2 is 2.14 bits per heavy atom. The van der Waals surface area contributed by atoms with Crippen molar-refractivity contribution in [2.45, 2.75) is 51.7 Å². The molecule has 2 rings (SSSR count). The number of hydrogen-bond acceptors (Lipinski definition) is 4. The van der Waals surface area contributed by atoms with Crippen LogP contribution in [0.25, 0.3) is 0 Å². The van der Waals surface area contributed by atoms with Gasteiger partial charge in [-0.15, -0.1) is 5.10 Å². The van der Waals surface area contributed by atoms with E-state index in [1.54, 1.807) is 0 Å². The lowest BCUT2D eigenvalue weighted by Gasteiger charge is -2.28. The molecule has 0 aliphatic heterocycles. The molecule has 1 heterocycles. The van der Waals surface area contributed by atoms with Gasteiger partial charge in [0.05, 0.1) is 12.6 Å². The number of esters is 1. The highest BCUT2D eigenvalue weighted by Gasteiger charge is 2.43. The predicted octanol–water partition coefficient (Wildman–Crippen LogP) is 3.22. The van der Waals surface area contributed by atoms with Crippen molar-refractivity contribution in [3.63, 3.8) is 0 Å². The first-order valence-corrected chi connectivity index (χ1v) is 7.04. The molecular weight excluding hydrogens is 287 g/mol. The summed E-state index contributed by atoms with van der Waals surface area (Å²) in [6, 6.07) is -0.374. The Hall–Kier alpha value is -1.60. The second-order valence-corrected chi connectivity index (χ2v) is 5.38. The molecule has 1 aliphatic carbocycles. The van der Waals surface area contributed by atoms with Crippen LogP contribution in [0.15, 0.2) is 0 Å². The first kappa shape index (κ1) is 15.8. The van der Waals surface area contributed by atoms with Crippen LogP contribution in [0.5, 0.6) is 0 Å². The Morgan fingerprint density at radius 1 is 1.43 bits per heavy atom. The van der Waals surface area contributed by atoms with E-state index in [2.05, 4.69) is 15.0 Å². The first-order chi connectivity index (χ1) is 9.84. The van der Waals surface area contributed by atoms with E-state index >= 15 is 0 Å². The molecular formula is C13H18F3N3O2. The number of nitrogens with zero attached hydrogens (tertiary/aromatic N) is 3. The molecule has 5 nitrogen and oxygen atoms in total. The molecule has 0 saturated heterocycles. The molecule has 118 valence electrons. The minimum Gasteiger partial charge on any atom is -0.461 e. The number of rotatable bonds is 3. The summed E-state index contributed by atoms with van der Waals surface area (Å²) < 4.78 is 45.4. The largest absolute Gasteiger partial charge is 0.461 e. The van der Waals surface area contributed by atoms with Gasteiger partial charge >= 0.3 is 12.1 Å². The molecule has 1 saturated carbocycles.